The number of methoxy groups -OCH3 is 2. The molecule has 0 unspecified atom stereocenters. The lowest BCUT2D eigenvalue weighted by Gasteiger charge is -2.61. The molecule has 0 spiro atoms. The number of carbonyl (C=O) groups excluding carboxylic acids is 2. The van der Waals surface area contributed by atoms with Crippen molar-refractivity contribution in [2.45, 2.75) is 64.7 Å². The second kappa shape index (κ2) is 11.9. The van der Waals surface area contributed by atoms with Gasteiger partial charge >= 0.3 is 11.9 Å². The van der Waals surface area contributed by atoms with E-state index in [1.165, 1.54) is 14.0 Å². The van der Waals surface area contributed by atoms with Crippen molar-refractivity contribution >= 4 is 34.4 Å². The summed E-state index contributed by atoms with van der Waals surface area (Å²) in [5.74, 6) is 0.810. The molecule has 2 heterocycles. The van der Waals surface area contributed by atoms with Gasteiger partial charge < -0.3 is 23.5 Å². The molecule has 3 fully saturated rings. The molecule has 3 aliphatic carbocycles. The standard InChI is InChI=1S/C34H38ClN3O6/c1-20-29(28(38(36-20)34-15-23(16-34)17-34)19-43-18-22-8-10-24(41-4)11-9-22)30-27(35)13-12-26-25(7-6-14-44-21(2)39)32(33(40)42-5)37(3)31(26)30/h8-13,23H,6-7,14-19H2,1-5H3. The van der Waals surface area contributed by atoms with Crippen LogP contribution in [0.15, 0.2) is 36.4 Å². The van der Waals surface area contributed by atoms with Crippen LogP contribution in [-0.2, 0) is 51.2 Å². The van der Waals surface area contributed by atoms with Crippen molar-refractivity contribution in [3.8, 4) is 16.9 Å². The summed E-state index contributed by atoms with van der Waals surface area (Å²) in [5.41, 5.74) is 6.80. The fourth-order valence-electron chi connectivity index (χ4n) is 7.02. The zero-order valence-corrected chi connectivity index (χ0v) is 26.6. The maximum absolute atomic E-state index is 13.1. The summed E-state index contributed by atoms with van der Waals surface area (Å²) in [6.45, 7) is 4.45. The first-order chi connectivity index (χ1) is 21.2. The molecule has 0 N–H and O–H groups in total. The van der Waals surface area contributed by atoms with E-state index in [-0.39, 0.29) is 18.1 Å². The largest absolute Gasteiger partial charge is 0.497 e. The summed E-state index contributed by atoms with van der Waals surface area (Å²) < 4.78 is 26.1. The summed E-state index contributed by atoms with van der Waals surface area (Å²) in [6, 6.07) is 11.7. The highest BCUT2D eigenvalue weighted by atomic mass is 35.5. The van der Waals surface area contributed by atoms with Crippen LogP contribution in [0, 0.1) is 12.8 Å². The Balaban J connectivity index is 1.44. The summed E-state index contributed by atoms with van der Waals surface area (Å²) >= 11 is 7.05. The Morgan fingerprint density at radius 1 is 1.05 bits per heavy atom. The molecule has 7 rings (SSSR count). The zero-order valence-electron chi connectivity index (χ0n) is 25.9. The van der Waals surface area contributed by atoms with E-state index in [1.807, 2.05) is 54.9 Å². The average Bonchev–Trinajstić information content (AvgIpc) is 3.42. The maximum atomic E-state index is 13.1. The van der Waals surface area contributed by atoms with Gasteiger partial charge in [-0.2, -0.15) is 5.10 Å². The van der Waals surface area contributed by atoms with Crippen LogP contribution < -0.4 is 4.74 Å². The molecule has 44 heavy (non-hydrogen) atoms. The Morgan fingerprint density at radius 2 is 1.77 bits per heavy atom. The molecule has 4 aromatic rings. The number of hydrogen-bond donors (Lipinski definition) is 0. The lowest BCUT2D eigenvalue weighted by atomic mass is 9.50. The smallest absolute Gasteiger partial charge is 0.354 e. The second-order valence-corrected chi connectivity index (χ2v) is 12.4. The van der Waals surface area contributed by atoms with Crippen LogP contribution in [0.3, 0.4) is 0 Å². The topological polar surface area (TPSA) is 93.8 Å². The molecule has 0 radical (unpaired) electrons. The molecule has 10 heteroatoms. The van der Waals surface area contributed by atoms with Gasteiger partial charge in [0.2, 0.25) is 0 Å². The summed E-state index contributed by atoms with van der Waals surface area (Å²) in [7, 11) is 4.90. The Morgan fingerprint density at radius 3 is 2.39 bits per heavy atom. The van der Waals surface area contributed by atoms with Gasteiger partial charge in [0.1, 0.15) is 11.4 Å². The first kappa shape index (κ1) is 30.2. The molecule has 2 aromatic carbocycles. The summed E-state index contributed by atoms with van der Waals surface area (Å²) in [5, 5.41) is 6.58. The Bertz CT molecular complexity index is 1720. The Kier molecular flexibility index (Phi) is 8.20. The molecule has 232 valence electrons. The number of halogens is 1. The number of esters is 2. The number of fused-ring (bicyclic) bond motifs is 1. The van der Waals surface area contributed by atoms with E-state index in [2.05, 4.69) is 4.68 Å². The quantitative estimate of drug-likeness (QED) is 0.132. The highest BCUT2D eigenvalue weighted by Gasteiger charge is 2.59. The van der Waals surface area contributed by atoms with Crippen LogP contribution in [0.1, 0.15) is 65.6 Å². The van der Waals surface area contributed by atoms with Gasteiger partial charge in [0.05, 0.1) is 61.5 Å². The predicted molar refractivity (Wildman–Crippen MR) is 167 cm³/mol. The molecule has 0 amide bonds. The van der Waals surface area contributed by atoms with Crippen molar-refractivity contribution in [3.05, 3.63) is 69.6 Å². The number of nitrogens with zero attached hydrogens (tertiary/aromatic N) is 3. The van der Waals surface area contributed by atoms with Crippen molar-refractivity contribution in [1.29, 1.82) is 0 Å². The van der Waals surface area contributed by atoms with E-state index in [0.717, 1.165) is 75.5 Å². The summed E-state index contributed by atoms with van der Waals surface area (Å²) in [6.07, 6.45) is 4.46. The lowest BCUT2D eigenvalue weighted by Crippen LogP contribution is -2.60. The van der Waals surface area contributed by atoms with Gasteiger partial charge in [-0.1, -0.05) is 29.8 Å². The molecule has 0 aliphatic heterocycles. The highest BCUT2D eigenvalue weighted by Crippen LogP contribution is 2.63. The van der Waals surface area contributed by atoms with Gasteiger partial charge in [0, 0.05) is 30.5 Å². The van der Waals surface area contributed by atoms with Crippen LogP contribution in [-0.4, -0.2) is 47.1 Å². The van der Waals surface area contributed by atoms with Crippen molar-refractivity contribution in [2.24, 2.45) is 13.0 Å². The number of rotatable bonds is 12. The van der Waals surface area contributed by atoms with Crippen molar-refractivity contribution in [3.63, 3.8) is 0 Å². The molecule has 3 saturated carbocycles. The predicted octanol–water partition coefficient (Wildman–Crippen LogP) is 6.52. The third kappa shape index (κ3) is 5.16. The molecule has 2 bridgehead atoms. The third-order valence-electron chi connectivity index (χ3n) is 9.19. The molecular formula is C34H38ClN3O6. The molecule has 3 aliphatic rings. The van der Waals surface area contributed by atoms with Gasteiger partial charge in [-0.25, -0.2) is 4.79 Å². The Labute approximate surface area is 262 Å². The SMILES string of the molecule is COC(=O)c1c(CCCOC(C)=O)c2ccc(Cl)c(-c3c(C)nn(C45CC(C4)C5)c3COCc3ccc(OC)cc3)c2n1C. The minimum absolute atomic E-state index is 0.0279. The normalized spacial score (nSPS) is 18.5. The van der Waals surface area contributed by atoms with Crippen LogP contribution in [0.5, 0.6) is 5.75 Å². The van der Waals surface area contributed by atoms with Gasteiger partial charge in [-0.15, -0.1) is 0 Å². The summed E-state index contributed by atoms with van der Waals surface area (Å²) in [4.78, 5) is 24.5. The van der Waals surface area contributed by atoms with Crippen molar-refractivity contribution < 1.29 is 28.5 Å². The van der Waals surface area contributed by atoms with Gasteiger partial charge in [-0.05, 0) is 74.3 Å². The van der Waals surface area contributed by atoms with Crippen LogP contribution in [0.4, 0.5) is 0 Å². The number of aromatic nitrogens is 3. The molecule has 2 aromatic heterocycles. The van der Waals surface area contributed by atoms with E-state index >= 15 is 0 Å². The Hall–Kier alpha value is -3.82. The van der Waals surface area contributed by atoms with Gasteiger partial charge in [0.15, 0.2) is 0 Å². The molecule has 0 atom stereocenters. The number of ether oxygens (including phenoxy) is 4. The van der Waals surface area contributed by atoms with Crippen LogP contribution >= 0.6 is 11.6 Å². The molecular weight excluding hydrogens is 582 g/mol. The fourth-order valence-corrected chi connectivity index (χ4v) is 7.27. The molecule has 0 saturated heterocycles. The van der Waals surface area contributed by atoms with E-state index in [1.54, 1.807) is 7.11 Å². The first-order valence-electron chi connectivity index (χ1n) is 15.0. The number of aryl methyl sites for hydroxylation is 3. The monoisotopic (exact) mass is 619 g/mol. The van der Waals surface area contributed by atoms with Crippen molar-refractivity contribution in [2.75, 3.05) is 20.8 Å². The lowest BCUT2D eigenvalue weighted by molar-refractivity contribution is -0.141. The van der Waals surface area contributed by atoms with Gasteiger partial charge in [0.25, 0.3) is 0 Å². The minimum Gasteiger partial charge on any atom is -0.497 e. The van der Waals surface area contributed by atoms with E-state index in [9.17, 15) is 9.59 Å². The van der Waals surface area contributed by atoms with Gasteiger partial charge in [-0.3, -0.25) is 9.48 Å². The fraction of sp³-hybridized carbons (Fsp3) is 0.441. The number of benzene rings is 2. The van der Waals surface area contributed by atoms with Crippen LogP contribution in [0.25, 0.3) is 22.0 Å². The third-order valence-corrected chi connectivity index (χ3v) is 9.51. The zero-order chi connectivity index (χ0) is 31.2. The van der Waals surface area contributed by atoms with E-state index in [0.29, 0.717) is 36.8 Å². The second-order valence-electron chi connectivity index (χ2n) is 12.0. The average molecular weight is 620 g/mol. The van der Waals surface area contributed by atoms with E-state index < -0.39 is 5.97 Å². The van der Waals surface area contributed by atoms with Crippen molar-refractivity contribution in [1.82, 2.24) is 14.3 Å². The number of carbonyl (C=O) groups is 2. The maximum Gasteiger partial charge on any atom is 0.354 e. The first-order valence-corrected chi connectivity index (χ1v) is 15.4. The minimum atomic E-state index is -0.433. The number of hydrogen-bond acceptors (Lipinski definition) is 7. The van der Waals surface area contributed by atoms with Crippen LogP contribution in [0.2, 0.25) is 5.02 Å². The molecule has 9 nitrogen and oxygen atoms in total. The van der Waals surface area contributed by atoms with E-state index in [4.69, 9.17) is 35.6 Å². The highest BCUT2D eigenvalue weighted by molar-refractivity contribution is 6.35.